The number of para-hydroxylation sites is 1. The number of aromatic hydroxyl groups is 1. The Bertz CT molecular complexity index is 672. The average molecular weight is 283 g/mol. The van der Waals surface area contributed by atoms with Gasteiger partial charge in [0.05, 0.1) is 11.8 Å². The first kappa shape index (κ1) is 13.6. The van der Waals surface area contributed by atoms with Crippen LogP contribution >= 0.6 is 0 Å². The first-order valence-electron chi connectivity index (χ1n) is 6.92. The SMILES string of the molecule is CC1CN(C(=O)c2cncc(O)c2)c2ccccc2CN1. The van der Waals surface area contributed by atoms with Gasteiger partial charge in [0.2, 0.25) is 0 Å². The zero-order valence-electron chi connectivity index (χ0n) is 11.8. The number of carbonyl (C=O) groups excluding carboxylic acids is 1. The second-order valence-corrected chi connectivity index (χ2v) is 5.26. The van der Waals surface area contributed by atoms with Gasteiger partial charge >= 0.3 is 0 Å². The summed E-state index contributed by atoms with van der Waals surface area (Å²) in [6.45, 7) is 3.36. The Morgan fingerprint density at radius 2 is 2.19 bits per heavy atom. The molecule has 1 aliphatic rings. The third kappa shape index (κ3) is 2.73. The monoisotopic (exact) mass is 283 g/mol. The van der Waals surface area contributed by atoms with Crippen LogP contribution in [0.15, 0.2) is 42.7 Å². The van der Waals surface area contributed by atoms with Gasteiger partial charge in [0.25, 0.3) is 5.91 Å². The molecule has 5 nitrogen and oxygen atoms in total. The summed E-state index contributed by atoms with van der Waals surface area (Å²) in [5.74, 6) is -0.156. The van der Waals surface area contributed by atoms with Gasteiger partial charge in [-0.05, 0) is 24.6 Å². The van der Waals surface area contributed by atoms with Gasteiger partial charge in [0.15, 0.2) is 0 Å². The summed E-state index contributed by atoms with van der Waals surface area (Å²) >= 11 is 0. The van der Waals surface area contributed by atoms with Gasteiger partial charge in [-0.15, -0.1) is 0 Å². The number of carbonyl (C=O) groups is 1. The summed E-state index contributed by atoms with van der Waals surface area (Å²) in [4.78, 5) is 18.4. The molecule has 5 heteroatoms. The predicted octanol–water partition coefficient (Wildman–Crippen LogP) is 1.93. The van der Waals surface area contributed by atoms with Crippen LogP contribution in [0.3, 0.4) is 0 Å². The van der Waals surface area contributed by atoms with Gasteiger partial charge in [-0.1, -0.05) is 18.2 Å². The minimum Gasteiger partial charge on any atom is -0.506 e. The van der Waals surface area contributed by atoms with Crippen LogP contribution in [0.1, 0.15) is 22.8 Å². The number of aromatic nitrogens is 1. The summed E-state index contributed by atoms with van der Waals surface area (Å²) in [6, 6.07) is 9.49. The topological polar surface area (TPSA) is 65.5 Å². The minimum absolute atomic E-state index is 0.00451. The van der Waals surface area contributed by atoms with Crippen molar-refractivity contribution in [2.75, 3.05) is 11.4 Å². The van der Waals surface area contributed by atoms with Gasteiger partial charge in [0.1, 0.15) is 5.75 Å². The summed E-state index contributed by atoms with van der Waals surface area (Å²) in [5, 5.41) is 12.9. The van der Waals surface area contributed by atoms with Gasteiger partial charge in [0, 0.05) is 31.0 Å². The molecule has 0 saturated carbocycles. The summed E-state index contributed by atoms with van der Waals surface area (Å²) in [6.07, 6.45) is 2.80. The van der Waals surface area contributed by atoms with Crippen molar-refractivity contribution in [3.63, 3.8) is 0 Å². The van der Waals surface area contributed by atoms with Crippen LogP contribution in [0.2, 0.25) is 0 Å². The molecular formula is C16H17N3O2. The average Bonchev–Trinajstić information content (AvgIpc) is 2.66. The van der Waals surface area contributed by atoms with E-state index in [0.717, 1.165) is 17.8 Å². The standard InChI is InChI=1S/C16H17N3O2/c1-11-10-19(15-5-3-2-4-12(15)8-18-11)16(21)13-6-14(20)9-17-7-13/h2-7,9,11,18,20H,8,10H2,1H3. The number of anilines is 1. The molecule has 0 spiro atoms. The summed E-state index contributed by atoms with van der Waals surface area (Å²) < 4.78 is 0. The Balaban J connectivity index is 2.01. The fourth-order valence-corrected chi connectivity index (χ4v) is 2.54. The zero-order valence-corrected chi connectivity index (χ0v) is 11.8. The largest absolute Gasteiger partial charge is 0.506 e. The van der Waals surface area contributed by atoms with Gasteiger partial charge < -0.3 is 15.3 Å². The fraction of sp³-hybridized carbons (Fsp3) is 0.250. The Labute approximate surface area is 123 Å². The molecular weight excluding hydrogens is 266 g/mol. The number of nitrogens with zero attached hydrogens (tertiary/aromatic N) is 2. The van der Waals surface area contributed by atoms with E-state index in [1.807, 2.05) is 31.2 Å². The van der Waals surface area contributed by atoms with E-state index in [-0.39, 0.29) is 17.7 Å². The van der Waals surface area contributed by atoms with Gasteiger partial charge in [-0.3, -0.25) is 9.78 Å². The first-order chi connectivity index (χ1) is 10.1. The molecule has 0 fully saturated rings. The molecule has 1 aromatic heterocycles. The molecule has 1 unspecified atom stereocenters. The molecule has 108 valence electrons. The van der Waals surface area contributed by atoms with Crippen LogP contribution < -0.4 is 10.2 Å². The Kier molecular flexibility index (Phi) is 3.58. The van der Waals surface area contributed by atoms with Crippen LogP contribution in [0.4, 0.5) is 5.69 Å². The normalized spacial score (nSPS) is 18.0. The van der Waals surface area contributed by atoms with Crippen LogP contribution in [-0.4, -0.2) is 28.6 Å². The van der Waals surface area contributed by atoms with E-state index in [0.29, 0.717) is 12.1 Å². The number of pyridine rings is 1. The highest BCUT2D eigenvalue weighted by atomic mass is 16.3. The molecule has 2 N–H and O–H groups in total. The van der Waals surface area contributed by atoms with E-state index in [9.17, 15) is 9.90 Å². The molecule has 1 amide bonds. The van der Waals surface area contributed by atoms with Crippen molar-refractivity contribution < 1.29 is 9.90 Å². The van der Waals surface area contributed by atoms with Crippen molar-refractivity contribution >= 4 is 11.6 Å². The molecule has 2 heterocycles. The molecule has 2 aromatic rings. The highest BCUT2D eigenvalue weighted by Gasteiger charge is 2.25. The van der Waals surface area contributed by atoms with Crippen molar-refractivity contribution in [2.24, 2.45) is 0 Å². The Hall–Kier alpha value is -2.40. The van der Waals surface area contributed by atoms with Crippen molar-refractivity contribution in [1.29, 1.82) is 0 Å². The first-order valence-corrected chi connectivity index (χ1v) is 6.92. The van der Waals surface area contributed by atoms with Crippen molar-refractivity contribution in [3.05, 3.63) is 53.9 Å². The van der Waals surface area contributed by atoms with Gasteiger partial charge in [-0.2, -0.15) is 0 Å². The maximum absolute atomic E-state index is 12.8. The number of fused-ring (bicyclic) bond motifs is 1. The summed E-state index contributed by atoms with van der Waals surface area (Å²) in [7, 11) is 0. The Morgan fingerprint density at radius 3 is 3.00 bits per heavy atom. The van der Waals surface area contributed by atoms with E-state index in [1.165, 1.54) is 18.5 Å². The number of amides is 1. The van der Waals surface area contributed by atoms with Gasteiger partial charge in [-0.25, -0.2) is 0 Å². The quantitative estimate of drug-likeness (QED) is 0.839. The van der Waals surface area contributed by atoms with Crippen LogP contribution in [0.25, 0.3) is 0 Å². The molecule has 0 bridgehead atoms. The number of nitrogens with one attached hydrogen (secondary N) is 1. The fourth-order valence-electron chi connectivity index (χ4n) is 2.54. The smallest absolute Gasteiger partial charge is 0.260 e. The molecule has 1 aromatic carbocycles. The number of benzene rings is 1. The lowest BCUT2D eigenvalue weighted by Gasteiger charge is -2.24. The predicted molar refractivity (Wildman–Crippen MR) is 80.3 cm³/mol. The number of rotatable bonds is 1. The molecule has 0 aliphatic carbocycles. The van der Waals surface area contributed by atoms with E-state index in [1.54, 1.807) is 4.90 Å². The second-order valence-electron chi connectivity index (χ2n) is 5.26. The molecule has 3 rings (SSSR count). The number of hydrogen-bond donors (Lipinski definition) is 2. The molecule has 0 radical (unpaired) electrons. The third-order valence-corrected chi connectivity index (χ3v) is 3.60. The lowest BCUT2D eigenvalue weighted by atomic mass is 10.1. The molecule has 21 heavy (non-hydrogen) atoms. The van der Waals surface area contributed by atoms with E-state index < -0.39 is 0 Å². The van der Waals surface area contributed by atoms with Crippen LogP contribution in [0, 0.1) is 0 Å². The van der Waals surface area contributed by atoms with E-state index in [2.05, 4.69) is 10.3 Å². The van der Waals surface area contributed by atoms with Crippen LogP contribution in [-0.2, 0) is 6.54 Å². The molecule has 1 aliphatic heterocycles. The minimum atomic E-state index is -0.151. The maximum atomic E-state index is 12.8. The molecule has 0 saturated heterocycles. The van der Waals surface area contributed by atoms with Crippen molar-refractivity contribution in [2.45, 2.75) is 19.5 Å². The molecule has 1 atom stereocenters. The van der Waals surface area contributed by atoms with Crippen LogP contribution in [0.5, 0.6) is 5.75 Å². The second kappa shape index (κ2) is 5.54. The highest BCUT2D eigenvalue weighted by Crippen LogP contribution is 2.25. The zero-order chi connectivity index (χ0) is 14.8. The highest BCUT2D eigenvalue weighted by molar-refractivity contribution is 6.06. The lowest BCUT2D eigenvalue weighted by molar-refractivity contribution is 0.0984. The van der Waals surface area contributed by atoms with Crippen molar-refractivity contribution in [3.8, 4) is 5.75 Å². The third-order valence-electron chi connectivity index (χ3n) is 3.60. The van der Waals surface area contributed by atoms with E-state index in [4.69, 9.17) is 0 Å². The summed E-state index contributed by atoms with van der Waals surface area (Å²) in [5.41, 5.74) is 2.38. The lowest BCUT2D eigenvalue weighted by Crippen LogP contribution is -2.39. The Morgan fingerprint density at radius 1 is 1.38 bits per heavy atom. The van der Waals surface area contributed by atoms with Crippen molar-refractivity contribution in [1.82, 2.24) is 10.3 Å². The maximum Gasteiger partial charge on any atom is 0.260 e. The van der Waals surface area contributed by atoms with E-state index >= 15 is 0 Å². The number of hydrogen-bond acceptors (Lipinski definition) is 4.